The zero-order chi connectivity index (χ0) is 18.4. The number of nitrogens with one attached hydrogen (secondary N) is 1. The number of rotatable bonds is 8. The summed E-state index contributed by atoms with van der Waals surface area (Å²) >= 11 is 4.08. The highest BCUT2D eigenvalue weighted by Gasteiger charge is 2.10. The molecular weight excluding hydrogens is 392 g/mol. The molecule has 134 valence electrons. The van der Waals surface area contributed by atoms with Gasteiger partial charge in [0.2, 0.25) is 17.8 Å². The number of primary amides is 1. The van der Waals surface area contributed by atoms with Crippen molar-refractivity contribution in [1.29, 1.82) is 0 Å². The Morgan fingerprint density at radius 1 is 1.08 bits per heavy atom. The number of thioether (sulfide) groups is 2. The van der Waals surface area contributed by atoms with E-state index in [-0.39, 0.29) is 11.7 Å². The van der Waals surface area contributed by atoms with Gasteiger partial charge in [-0.2, -0.15) is 15.0 Å². The smallest absolute Gasteiger partial charge is 0.232 e. The molecule has 12 heteroatoms. The maximum atomic E-state index is 10.8. The molecule has 0 radical (unpaired) electrons. The molecule has 0 saturated heterocycles. The molecule has 0 saturated carbocycles. The minimum Gasteiger partial charge on any atom is -0.369 e. The maximum absolute atomic E-state index is 10.8. The van der Waals surface area contributed by atoms with Gasteiger partial charge in [0.15, 0.2) is 8.68 Å². The van der Waals surface area contributed by atoms with E-state index in [9.17, 15) is 4.79 Å². The van der Waals surface area contributed by atoms with Crippen molar-refractivity contribution in [2.75, 3.05) is 16.8 Å². The molecule has 1 amide bonds. The third-order valence-electron chi connectivity index (χ3n) is 2.78. The summed E-state index contributed by atoms with van der Waals surface area (Å²) in [5.41, 5.74) is 11.7. The number of nitrogens with zero attached hydrogens (tertiary/aromatic N) is 5. The van der Waals surface area contributed by atoms with Crippen molar-refractivity contribution in [3.63, 3.8) is 0 Å². The van der Waals surface area contributed by atoms with Crippen LogP contribution in [0.25, 0.3) is 0 Å². The van der Waals surface area contributed by atoms with E-state index in [1.165, 1.54) is 34.9 Å². The second-order valence-corrected chi connectivity index (χ2v) is 8.22. The first kappa shape index (κ1) is 18.4. The molecule has 0 aliphatic heterocycles. The molecule has 3 rings (SSSR count). The molecule has 1 aromatic carbocycles. The van der Waals surface area contributed by atoms with Gasteiger partial charge >= 0.3 is 0 Å². The molecule has 0 aliphatic rings. The van der Waals surface area contributed by atoms with E-state index in [0.717, 1.165) is 10.0 Å². The normalized spacial score (nSPS) is 10.6. The molecule has 0 bridgehead atoms. The lowest BCUT2D eigenvalue weighted by atomic mass is 10.3. The molecule has 26 heavy (non-hydrogen) atoms. The van der Waals surface area contributed by atoms with Crippen LogP contribution in [0.3, 0.4) is 0 Å². The van der Waals surface area contributed by atoms with Gasteiger partial charge in [-0.05, 0) is 12.1 Å². The number of para-hydroxylation sites is 1. The van der Waals surface area contributed by atoms with Gasteiger partial charge in [0.1, 0.15) is 5.82 Å². The number of nitrogen functional groups attached to an aromatic ring is 1. The molecule has 5 N–H and O–H groups in total. The lowest BCUT2D eigenvalue weighted by molar-refractivity contribution is -0.115. The van der Waals surface area contributed by atoms with Crippen LogP contribution in [0.4, 0.5) is 17.6 Å². The number of amides is 1. The summed E-state index contributed by atoms with van der Waals surface area (Å²) in [6.45, 7) is 0. The Balaban J connectivity index is 1.62. The van der Waals surface area contributed by atoms with Crippen LogP contribution in [-0.4, -0.2) is 36.8 Å². The van der Waals surface area contributed by atoms with Crippen LogP contribution in [0.15, 0.2) is 39.0 Å². The maximum Gasteiger partial charge on any atom is 0.232 e. The van der Waals surface area contributed by atoms with E-state index >= 15 is 0 Å². The monoisotopic (exact) mass is 406 g/mol. The van der Waals surface area contributed by atoms with Crippen LogP contribution in [0.2, 0.25) is 0 Å². The highest BCUT2D eigenvalue weighted by atomic mass is 32.2. The van der Waals surface area contributed by atoms with Crippen molar-refractivity contribution in [2.24, 2.45) is 5.73 Å². The summed E-state index contributed by atoms with van der Waals surface area (Å²) in [6.07, 6.45) is 0. The average molecular weight is 407 g/mol. The van der Waals surface area contributed by atoms with Crippen LogP contribution < -0.4 is 16.8 Å². The van der Waals surface area contributed by atoms with Crippen molar-refractivity contribution in [1.82, 2.24) is 25.1 Å². The van der Waals surface area contributed by atoms with Crippen LogP contribution in [0.5, 0.6) is 0 Å². The van der Waals surface area contributed by atoms with Gasteiger partial charge in [-0.1, -0.05) is 53.1 Å². The van der Waals surface area contributed by atoms with Gasteiger partial charge in [0.25, 0.3) is 0 Å². The Labute approximate surface area is 161 Å². The van der Waals surface area contributed by atoms with Gasteiger partial charge in [-0.15, -0.1) is 10.2 Å². The lowest BCUT2D eigenvalue weighted by Gasteiger charge is -2.06. The number of aromatic nitrogens is 5. The first-order valence-corrected chi connectivity index (χ1v) is 10.1. The number of nitrogens with two attached hydrogens (primary N) is 2. The fraction of sp³-hybridized carbons (Fsp3) is 0.143. The molecule has 0 aliphatic carbocycles. The summed E-state index contributed by atoms with van der Waals surface area (Å²) in [7, 11) is 0. The Morgan fingerprint density at radius 2 is 1.81 bits per heavy atom. The van der Waals surface area contributed by atoms with Gasteiger partial charge in [0, 0.05) is 5.69 Å². The van der Waals surface area contributed by atoms with Crippen LogP contribution in [0, 0.1) is 0 Å². The molecule has 0 spiro atoms. The van der Waals surface area contributed by atoms with Crippen molar-refractivity contribution in [3.05, 3.63) is 36.2 Å². The minimum absolute atomic E-state index is 0.143. The van der Waals surface area contributed by atoms with Crippen molar-refractivity contribution < 1.29 is 4.79 Å². The second kappa shape index (κ2) is 8.78. The van der Waals surface area contributed by atoms with E-state index in [4.69, 9.17) is 11.5 Å². The molecule has 3 aromatic rings. The number of carbonyl (C=O) groups is 1. The number of anilines is 3. The van der Waals surface area contributed by atoms with Crippen LogP contribution >= 0.6 is 34.9 Å². The van der Waals surface area contributed by atoms with Crippen LogP contribution in [-0.2, 0) is 10.5 Å². The standard InChI is InChI=1S/C14H14N8OS3/c15-9(23)6-24-13-21-22-14(26-13)25-7-10-18-11(16)20-12(19-10)17-8-4-2-1-3-5-8/h1-5H,6-7H2,(H2,15,23)(H3,16,17,18,19,20). The van der Waals surface area contributed by atoms with Gasteiger partial charge in [-0.3, -0.25) is 4.79 Å². The topological polar surface area (TPSA) is 146 Å². The number of hydrogen-bond acceptors (Lipinski definition) is 11. The molecule has 0 fully saturated rings. The molecule has 2 heterocycles. The quantitative estimate of drug-likeness (QED) is 0.474. The van der Waals surface area contributed by atoms with Crippen molar-refractivity contribution in [3.8, 4) is 0 Å². The molecular formula is C14H14N8OS3. The molecule has 0 unspecified atom stereocenters. The lowest BCUT2D eigenvalue weighted by Crippen LogP contribution is -2.12. The van der Waals surface area contributed by atoms with Gasteiger partial charge < -0.3 is 16.8 Å². The fourth-order valence-corrected chi connectivity index (χ4v) is 4.40. The first-order valence-electron chi connectivity index (χ1n) is 7.28. The largest absolute Gasteiger partial charge is 0.369 e. The first-order chi connectivity index (χ1) is 12.6. The summed E-state index contributed by atoms with van der Waals surface area (Å²) in [4.78, 5) is 23.4. The number of hydrogen-bond donors (Lipinski definition) is 3. The van der Waals surface area contributed by atoms with Crippen molar-refractivity contribution in [2.45, 2.75) is 14.4 Å². The fourth-order valence-electron chi connectivity index (χ4n) is 1.78. The predicted octanol–water partition coefficient (Wildman–Crippen LogP) is 1.92. The van der Waals surface area contributed by atoms with E-state index < -0.39 is 5.91 Å². The van der Waals surface area contributed by atoms with Gasteiger partial charge in [-0.25, -0.2) is 0 Å². The summed E-state index contributed by atoms with van der Waals surface area (Å²) in [6, 6.07) is 9.55. The molecule has 0 atom stereocenters. The minimum atomic E-state index is -0.390. The molecule has 2 aromatic heterocycles. The molecule has 9 nitrogen and oxygen atoms in total. The Bertz CT molecular complexity index is 889. The predicted molar refractivity (Wildman–Crippen MR) is 103 cm³/mol. The number of carbonyl (C=O) groups excluding carboxylic acids is 1. The SMILES string of the molecule is NC(=O)CSc1nnc(SCc2nc(N)nc(Nc3ccccc3)n2)s1. The highest BCUT2D eigenvalue weighted by Crippen LogP contribution is 2.30. The third-order valence-corrected chi connectivity index (χ3v) is 5.99. The highest BCUT2D eigenvalue weighted by molar-refractivity contribution is 8.03. The summed E-state index contributed by atoms with van der Waals surface area (Å²) < 4.78 is 1.43. The van der Waals surface area contributed by atoms with E-state index in [0.29, 0.717) is 21.9 Å². The van der Waals surface area contributed by atoms with E-state index in [1.807, 2.05) is 30.3 Å². The zero-order valence-corrected chi connectivity index (χ0v) is 15.8. The zero-order valence-electron chi connectivity index (χ0n) is 13.3. The second-order valence-electron chi connectivity index (χ2n) is 4.80. The Kier molecular flexibility index (Phi) is 6.20. The van der Waals surface area contributed by atoms with E-state index in [2.05, 4.69) is 30.5 Å². The summed E-state index contributed by atoms with van der Waals surface area (Å²) in [5.74, 6) is 1.31. The van der Waals surface area contributed by atoms with E-state index in [1.54, 1.807) is 0 Å². The van der Waals surface area contributed by atoms with Crippen LogP contribution in [0.1, 0.15) is 5.82 Å². The van der Waals surface area contributed by atoms with Crippen molar-refractivity contribution >= 4 is 58.4 Å². The third kappa shape index (κ3) is 5.54. The van der Waals surface area contributed by atoms with Gasteiger partial charge in [0.05, 0.1) is 11.5 Å². The number of benzene rings is 1. The summed E-state index contributed by atoms with van der Waals surface area (Å²) in [5, 5.41) is 11.2. The Morgan fingerprint density at radius 3 is 2.54 bits per heavy atom. The average Bonchev–Trinajstić information content (AvgIpc) is 3.07. The Hall–Kier alpha value is -2.44.